The van der Waals surface area contributed by atoms with Crippen LogP contribution in [-0.2, 0) is 42.2 Å². The van der Waals surface area contributed by atoms with Crippen molar-refractivity contribution in [1.29, 1.82) is 0 Å². The summed E-state index contributed by atoms with van der Waals surface area (Å²) < 4.78 is 4.51. The van der Waals surface area contributed by atoms with Gasteiger partial charge in [0.1, 0.15) is 0 Å². The molecule has 1 aromatic carbocycles. The largest absolute Gasteiger partial charge is 3.00 e. The Bertz CT molecular complexity index is 244. The van der Waals surface area contributed by atoms with Gasteiger partial charge in [-0.05, 0) is 6.92 Å². The fraction of sp³-hybridized carbons (Fsp3) is 0.167. The third kappa shape index (κ3) is 13.4. The summed E-state index contributed by atoms with van der Waals surface area (Å²) >= 11 is 0. The zero-order valence-electron chi connectivity index (χ0n) is 9.07. The number of ether oxygens (including phenoxy) is 1. The molecule has 1 aromatic rings. The number of hydrogen-bond donors (Lipinski definition) is 0. The third-order valence-electron chi connectivity index (χ3n) is 1.12. The van der Waals surface area contributed by atoms with Crippen LogP contribution in [-0.4, -0.2) is 5.97 Å². The van der Waals surface area contributed by atoms with E-state index in [-0.39, 0.29) is 38.7 Å². The van der Waals surface area contributed by atoms with Gasteiger partial charge in [-0.25, -0.2) is 0 Å². The van der Waals surface area contributed by atoms with Gasteiger partial charge in [-0.1, -0.05) is 6.58 Å². The van der Waals surface area contributed by atoms with Crippen molar-refractivity contribution in [3.8, 4) is 0 Å². The molecule has 1 rings (SSSR count). The monoisotopic (exact) mass is 279 g/mol. The maximum absolute atomic E-state index is 10.3. The van der Waals surface area contributed by atoms with Gasteiger partial charge in [-0.3, -0.25) is 11.2 Å². The van der Waals surface area contributed by atoms with Crippen LogP contribution >= 0.6 is 0 Å². The van der Waals surface area contributed by atoms with E-state index in [1.165, 1.54) is 6.42 Å². The van der Waals surface area contributed by atoms with Crippen LogP contribution in [0.25, 0.3) is 0 Å². The van der Waals surface area contributed by atoms with Crippen molar-refractivity contribution in [2.24, 2.45) is 0 Å². The molecule has 0 radical (unpaired) electrons. The number of carbonyl (C=O) groups excluding carboxylic acids is 1. The number of rotatable bonds is 2. The molecular formula is C12H14O2Y+. The van der Waals surface area contributed by atoms with Crippen LogP contribution in [0.2, 0.25) is 0 Å². The van der Waals surface area contributed by atoms with E-state index in [2.05, 4.69) is 17.4 Å². The molecular weight excluding hydrogens is 265 g/mol. The van der Waals surface area contributed by atoms with Gasteiger partial charge in [0.2, 0.25) is 0 Å². The second kappa shape index (κ2) is 11.5. The van der Waals surface area contributed by atoms with Gasteiger partial charge >= 0.3 is 32.7 Å². The molecule has 0 heterocycles. The van der Waals surface area contributed by atoms with Crippen molar-refractivity contribution in [2.75, 3.05) is 0 Å². The van der Waals surface area contributed by atoms with Crippen LogP contribution in [0.1, 0.15) is 13.8 Å². The van der Waals surface area contributed by atoms with Crippen molar-refractivity contribution in [3.05, 3.63) is 55.2 Å². The SMILES string of the molecule is C=C(C)OC(=O)[CH-]C.[Y+3].[c-]1ccccc1. The molecule has 0 N–H and O–H groups in total. The first-order valence-electron chi connectivity index (χ1n) is 4.24. The topological polar surface area (TPSA) is 26.3 Å². The molecule has 0 aliphatic rings. The Labute approximate surface area is 117 Å². The molecule has 0 amide bonds. The first-order chi connectivity index (χ1) is 6.66. The number of allylic oxidation sites excluding steroid dienone is 1. The van der Waals surface area contributed by atoms with E-state index in [4.69, 9.17) is 0 Å². The fourth-order valence-corrected chi connectivity index (χ4v) is 0.573. The molecule has 0 fully saturated rings. The summed E-state index contributed by atoms with van der Waals surface area (Å²) in [6, 6.07) is 12.5. The number of benzene rings is 1. The fourth-order valence-electron chi connectivity index (χ4n) is 0.573. The maximum Gasteiger partial charge on any atom is 3.00 e. The zero-order valence-corrected chi connectivity index (χ0v) is 11.9. The van der Waals surface area contributed by atoms with Crippen LogP contribution in [0.3, 0.4) is 0 Å². The molecule has 0 saturated carbocycles. The molecule has 0 aliphatic carbocycles. The first kappa shape index (κ1) is 16.8. The summed E-state index contributed by atoms with van der Waals surface area (Å²) in [6.45, 7) is 6.62. The van der Waals surface area contributed by atoms with Gasteiger partial charge < -0.3 is 4.74 Å². The minimum absolute atomic E-state index is 0. The van der Waals surface area contributed by atoms with Gasteiger partial charge in [0.05, 0.1) is 5.76 Å². The predicted molar refractivity (Wildman–Crippen MR) is 56.2 cm³/mol. The zero-order chi connectivity index (χ0) is 10.8. The average molecular weight is 279 g/mol. The minimum Gasteiger partial charge on any atom is -0.457 e. The summed E-state index contributed by atoms with van der Waals surface area (Å²) in [5, 5.41) is 0. The number of esters is 1. The molecule has 76 valence electrons. The van der Waals surface area contributed by atoms with E-state index in [1.54, 1.807) is 13.8 Å². The van der Waals surface area contributed by atoms with Crippen LogP contribution < -0.4 is 0 Å². The second-order valence-corrected chi connectivity index (χ2v) is 2.49. The minimum atomic E-state index is -0.350. The van der Waals surface area contributed by atoms with E-state index in [0.29, 0.717) is 5.76 Å². The summed E-state index contributed by atoms with van der Waals surface area (Å²) in [7, 11) is 0. The van der Waals surface area contributed by atoms with Crippen LogP contribution in [0, 0.1) is 12.5 Å². The smallest absolute Gasteiger partial charge is 0.457 e. The molecule has 2 nitrogen and oxygen atoms in total. The predicted octanol–water partition coefficient (Wildman–Crippen LogP) is 2.77. The van der Waals surface area contributed by atoms with E-state index in [9.17, 15) is 4.79 Å². The molecule has 0 aliphatic heterocycles. The van der Waals surface area contributed by atoms with E-state index < -0.39 is 0 Å². The van der Waals surface area contributed by atoms with Crippen molar-refractivity contribution in [3.63, 3.8) is 0 Å². The van der Waals surface area contributed by atoms with Crippen LogP contribution in [0.5, 0.6) is 0 Å². The van der Waals surface area contributed by atoms with Gasteiger partial charge in [0.15, 0.2) is 5.97 Å². The molecule has 0 bridgehead atoms. The molecule has 0 spiro atoms. The quantitative estimate of drug-likeness (QED) is 0.472. The molecule has 3 heteroatoms. The Morgan fingerprint density at radius 1 is 1.33 bits per heavy atom. The Balaban J connectivity index is 0. The summed E-state index contributed by atoms with van der Waals surface area (Å²) in [5.74, 6) is 0.0746. The molecule has 15 heavy (non-hydrogen) atoms. The van der Waals surface area contributed by atoms with E-state index in [0.717, 1.165) is 0 Å². The van der Waals surface area contributed by atoms with Gasteiger partial charge in [0.25, 0.3) is 0 Å². The summed E-state index contributed by atoms with van der Waals surface area (Å²) in [4.78, 5) is 10.3. The van der Waals surface area contributed by atoms with Crippen molar-refractivity contribution >= 4 is 5.97 Å². The Hall–Kier alpha value is -0.596. The molecule has 0 atom stereocenters. The molecule has 0 saturated heterocycles. The van der Waals surface area contributed by atoms with Gasteiger partial charge in [0, 0.05) is 0 Å². The Morgan fingerprint density at radius 3 is 2.00 bits per heavy atom. The van der Waals surface area contributed by atoms with Crippen LogP contribution in [0.4, 0.5) is 0 Å². The van der Waals surface area contributed by atoms with Gasteiger partial charge in [-0.15, -0.1) is 0 Å². The van der Waals surface area contributed by atoms with Crippen molar-refractivity contribution in [1.82, 2.24) is 0 Å². The van der Waals surface area contributed by atoms with Gasteiger partial charge in [-0.2, -0.15) is 43.3 Å². The number of carbonyl (C=O) groups is 1. The first-order valence-corrected chi connectivity index (χ1v) is 4.24. The number of hydrogen-bond acceptors (Lipinski definition) is 2. The van der Waals surface area contributed by atoms with E-state index in [1.807, 2.05) is 30.3 Å². The molecule has 0 aromatic heterocycles. The van der Waals surface area contributed by atoms with Crippen molar-refractivity contribution < 1.29 is 42.2 Å². The summed E-state index contributed by atoms with van der Waals surface area (Å²) in [6.07, 6.45) is 1.34. The maximum atomic E-state index is 10.3. The summed E-state index contributed by atoms with van der Waals surface area (Å²) in [5.41, 5.74) is 0. The third-order valence-corrected chi connectivity index (χ3v) is 1.12. The van der Waals surface area contributed by atoms with Crippen molar-refractivity contribution in [2.45, 2.75) is 13.8 Å². The second-order valence-electron chi connectivity index (χ2n) is 2.49. The standard InChI is InChI=1S/C6H9O2.C6H5.Y/c1-4-6(7)8-5(2)3;1-2-4-6-5-3-1;/h4H,2H2,1,3H3;1-5H;/q2*-1;+3. The van der Waals surface area contributed by atoms with E-state index >= 15 is 0 Å². The average Bonchev–Trinajstić information content (AvgIpc) is 2.20. The normalized spacial score (nSPS) is 7.33. The molecule has 0 unspecified atom stereocenters. The Morgan fingerprint density at radius 2 is 1.87 bits per heavy atom. The van der Waals surface area contributed by atoms with Crippen LogP contribution in [0.15, 0.2) is 42.7 Å². The Kier molecular flexibility index (Phi) is 12.9.